The third-order valence-corrected chi connectivity index (χ3v) is 4.04. The zero-order valence-corrected chi connectivity index (χ0v) is 13.6. The number of carbonyl (C=O) groups excluding carboxylic acids is 1. The second-order valence-electron chi connectivity index (χ2n) is 5.41. The normalized spacial score (nSPS) is 14.6. The largest absolute Gasteiger partial charge is 0.378 e. The van der Waals surface area contributed by atoms with E-state index in [9.17, 15) is 4.79 Å². The number of benzene rings is 1. The highest BCUT2D eigenvalue weighted by molar-refractivity contribution is 6.30. The van der Waals surface area contributed by atoms with Crippen LogP contribution in [0.1, 0.15) is 16.1 Å². The number of halogens is 1. The number of nitrogens with one attached hydrogen (secondary N) is 1. The zero-order valence-electron chi connectivity index (χ0n) is 12.9. The molecule has 1 aliphatic rings. The van der Waals surface area contributed by atoms with E-state index >= 15 is 0 Å². The van der Waals surface area contributed by atoms with Crippen LogP contribution in [-0.4, -0.2) is 37.2 Å². The molecule has 2 heterocycles. The molecule has 0 atom stereocenters. The van der Waals surface area contributed by atoms with Crippen molar-refractivity contribution in [2.45, 2.75) is 6.92 Å². The molecule has 0 saturated carbocycles. The Labute approximate surface area is 140 Å². The van der Waals surface area contributed by atoms with Gasteiger partial charge in [-0.1, -0.05) is 17.7 Å². The molecule has 0 aliphatic carbocycles. The van der Waals surface area contributed by atoms with Gasteiger partial charge in [-0.15, -0.1) is 0 Å². The number of ether oxygens (including phenoxy) is 1. The standard InChI is InChI=1S/C17H18ClN3O2/c1-12-2-3-14(21-6-8-23-9-7-21)11-15(12)20-17(22)16-10-13(18)4-5-19-16/h2-5,10-11H,6-9H2,1H3,(H,20,22). The molecule has 1 aromatic carbocycles. The summed E-state index contributed by atoms with van der Waals surface area (Å²) in [6.45, 7) is 5.12. The third kappa shape index (κ3) is 3.81. The topological polar surface area (TPSA) is 54.5 Å². The number of aromatic nitrogens is 1. The minimum atomic E-state index is -0.269. The Morgan fingerprint density at radius 3 is 2.78 bits per heavy atom. The Morgan fingerprint density at radius 2 is 2.04 bits per heavy atom. The maximum atomic E-state index is 12.3. The minimum Gasteiger partial charge on any atom is -0.378 e. The molecule has 1 N–H and O–H groups in total. The van der Waals surface area contributed by atoms with Crippen LogP contribution in [0.3, 0.4) is 0 Å². The number of anilines is 2. The predicted molar refractivity (Wildman–Crippen MR) is 91.4 cm³/mol. The lowest BCUT2D eigenvalue weighted by Crippen LogP contribution is -2.36. The minimum absolute atomic E-state index is 0.269. The molecule has 2 aromatic rings. The van der Waals surface area contributed by atoms with Crippen LogP contribution < -0.4 is 10.2 Å². The van der Waals surface area contributed by atoms with Gasteiger partial charge in [-0.05, 0) is 36.8 Å². The van der Waals surface area contributed by atoms with Crippen LogP contribution in [0.15, 0.2) is 36.5 Å². The van der Waals surface area contributed by atoms with E-state index < -0.39 is 0 Å². The predicted octanol–water partition coefficient (Wildman–Crippen LogP) is 3.13. The van der Waals surface area contributed by atoms with Crippen LogP contribution in [0.5, 0.6) is 0 Å². The first-order chi connectivity index (χ1) is 11.1. The molecular weight excluding hydrogens is 314 g/mol. The molecule has 1 aromatic heterocycles. The van der Waals surface area contributed by atoms with E-state index in [-0.39, 0.29) is 5.91 Å². The lowest BCUT2D eigenvalue weighted by molar-refractivity contribution is 0.102. The Morgan fingerprint density at radius 1 is 1.26 bits per heavy atom. The zero-order chi connectivity index (χ0) is 16.2. The van der Waals surface area contributed by atoms with E-state index in [4.69, 9.17) is 16.3 Å². The maximum absolute atomic E-state index is 12.3. The molecule has 1 fully saturated rings. The van der Waals surface area contributed by atoms with Gasteiger partial charge in [0.2, 0.25) is 0 Å². The van der Waals surface area contributed by atoms with E-state index in [1.54, 1.807) is 12.1 Å². The molecule has 5 nitrogen and oxygen atoms in total. The fraction of sp³-hybridized carbons (Fsp3) is 0.294. The summed E-state index contributed by atoms with van der Waals surface area (Å²) in [7, 11) is 0. The maximum Gasteiger partial charge on any atom is 0.274 e. The van der Waals surface area contributed by atoms with Crippen LogP contribution >= 0.6 is 11.6 Å². The van der Waals surface area contributed by atoms with Gasteiger partial charge >= 0.3 is 0 Å². The van der Waals surface area contributed by atoms with Gasteiger partial charge in [-0.2, -0.15) is 0 Å². The number of rotatable bonds is 3. The molecule has 0 unspecified atom stereocenters. The van der Waals surface area contributed by atoms with Gasteiger partial charge < -0.3 is 15.0 Å². The van der Waals surface area contributed by atoms with Crippen LogP contribution in [0, 0.1) is 6.92 Å². The van der Waals surface area contributed by atoms with Crippen molar-refractivity contribution >= 4 is 28.9 Å². The van der Waals surface area contributed by atoms with Crippen molar-refractivity contribution in [1.82, 2.24) is 4.98 Å². The van der Waals surface area contributed by atoms with Gasteiger partial charge in [0.05, 0.1) is 13.2 Å². The number of aryl methyl sites for hydroxylation is 1. The van der Waals surface area contributed by atoms with Crippen LogP contribution in [0.2, 0.25) is 5.02 Å². The van der Waals surface area contributed by atoms with Gasteiger partial charge in [0.1, 0.15) is 5.69 Å². The molecule has 120 valence electrons. The average Bonchev–Trinajstić information content (AvgIpc) is 2.57. The first-order valence-electron chi connectivity index (χ1n) is 7.50. The molecule has 0 spiro atoms. The van der Waals surface area contributed by atoms with Crippen molar-refractivity contribution in [3.8, 4) is 0 Å². The number of morpholine rings is 1. The molecule has 1 saturated heterocycles. The third-order valence-electron chi connectivity index (χ3n) is 3.80. The molecule has 23 heavy (non-hydrogen) atoms. The van der Waals surface area contributed by atoms with Crippen molar-refractivity contribution in [3.63, 3.8) is 0 Å². The van der Waals surface area contributed by atoms with Gasteiger partial charge in [0.15, 0.2) is 0 Å². The molecule has 6 heteroatoms. The van der Waals surface area contributed by atoms with E-state index in [1.165, 1.54) is 6.20 Å². The number of nitrogens with zero attached hydrogens (tertiary/aromatic N) is 2. The monoisotopic (exact) mass is 331 g/mol. The van der Waals surface area contributed by atoms with Crippen molar-refractivity contribution in [2.24, 2.45) is 0 Å². The highest BCUT2D eigenvalue weighted by Gasteiger charge is 2.14. The molecule has 0 radical (unpaired) electrons. The second kappa shape index (κ2) is 6.98. The molecular formula is C17H18ClN3O2. The lowest BCUT2D eigenvalue weighted by Gasteiger charge is -2.29. The summed E-state index contributed by atoms with van der Waals surface area (Å²) < 4.78 is 5.38. The molecule has 0 bridgehead atoms. The number of carbonyl (C=O) groups is 1. The molecule has 1 aliphatic heterocycles. The van der Waals surface area contributed by atoms with E-state index in [2.05, 4.69) is 21.3 Å². The molecule has 3 rings (SSSR count). The fourth-order valence-electron chi connectivity index (χ4n) is 2.48. The quantitative estimate of drug-likeness (QED) is 0.938. The summed E-state index contributed by atoms with van der Waals surface area (Å²) >= 11 is 5.91. The number of hydrogen-bond donors (Lipinski definition) is 1. The first kappa shape index (κ1) is 15.8. The van der Waals surface area contributed by atoms with Crippen LogP contribution in [0.4, 0.5) is 11.4 Å². The van der Waals surface area contributed by atoms with Crippen molar-refractivity contribution in [1.29, 1.82) is 0 Å². The van der Waals surface area contributed by atoms with Crippen LogP contribution in [-0.2, 0) is 4.74 Å². The van der Waals surface area contributed by atoms with Gasteiger partial charge in [0, 0.05) is 35.7 Å². The second-order valence-corrected chi connectivity index (χ2v) is 5.85. The average molecular weight is 332 g/mol. The highest BCUT2D eigenvalue weighted by atomic mass is 35.5. The molecule has 1 amide bonds. The van der Waals surface area contributed by atoms with Crippen molar-refractivity contribution in [2.75, 3.05) is 36.5 Å². The van der Waals surface area contributed by atoms with Gasteiger partial charge in [-0.25, -0.2) is 0 Å². The summed E-state index contributed by atoms with van der Waals surface area (Å²) in [5.74, 6) is -0.269. The number of pyridine rings is 1. The van der Waals surface area contributed by atoms with Crippen LogP contribution in [0.25, 0.3) is 0 Å². The van der Waals surface area contributed by atoms with E-state index in [0.717, 1.165) is 43.2 Å². The van der Waals surface area contributed by atoms with Crippen molar-refractivity contribution in [3.05, 3.63) is 52.8 Å². The number of hydrogen-bond acceptors (Lipinski definition) is 4. The Bertz CT molecular complexity index is 715. The Kier molecular flexibility index (Phi) is 4.79. The summed E-state index contributed by atoms with van der Waals surface area (Å²) in [6.07, 6.45) is 1.52. The number of amides is 1. The van der Waals surface area contributed by atoms with E-state index in [1.807, 2.05) is 19.1 Å². The van der Waals surface area contributed by atoms with Crippen molar-refractivity contribution < 1.29 is 9.53 Å². The van der Waals surface area contributed by atoms with Gasteiger partial charge in [-0.3, -0.25) is 9.78 Å². The lowest BCUT2D eigenvalue weighted by atomic mass is 10.1. The summed E-state index contributed by atoms with van der Waals surface area (Å²) in [5.41, 5.74) is 3.15. The highest BCUT2D eigenvalue weighted by Crippen LogP contribution is 2.24. The van der Waals surface area contributed by atoms with E-state index in [0.29, 0.717) is 10.7 Å². The summed E-state index contributed by atoms with van der Waals surface area (Å²) in [4.78, 5) is 18.6. The summed E-state index contributed by atoms with van der Waals surface area (Å²) in [5, 5.41) is 3.40. The first-order valence-corrected chi connectivity index (χ1v) is 7.87. The smallest absolute Gasteiger partial charge is 0.274 e. The Balaban J connectivity index is 1.80. The fourth-order valence-corrected chi connectivity index (χ4v) is 2.64. The Hall–Kier alpha value is -2.11. The summed E-state index contributed by atoms with van der Waals surface area (Å²) in [6, 6.07) is 9.25. The SMILES string of the molecule is Cc1ccc(N2CCOCC2)cc1NC(=O)c1cc(Cl)ccn1. The van der Waals surface area contributed by atoms with Gasteiger partial charge in [0.25, 0.3) is 5.91 Å².